The Labute approximate surface area is 171 Å². The van der Waals surface area contributed by atoms with Crippen molar-refractivity contribution in [2.24, 2.45) is 46.3 Å². The van der Waals surface area contributed by atoms with E-state index >= 15 is 0 Å². The molecule has 4 rings (SSSR count). The van der Waals surface area contributed by atoms with Gasteiger partial charge in [-0.1, -0.05) is 20.8 Å². The smallest absolute Gasteiger partial charge is 0.139 e. The molecule has 0 amide bonds. The van der Waals surface area contributed by atoms with E-state index in [1.807, 2.05) is 0 Å². The van der Waals surface area contributed by atoms with Crippen LogP contribution in [0.15, 0.2) is 0 Å². The Morgan fingerprint density at radius 3 is 2.61 bits per heavy atom. The maximum Gasteiger partial charge on any atom is 0.139 e. The van der Waals surface area contributed by atoms with E-state index in [0.717, 1.165) is 38.5 Å². The fourth-order valence-corrected chi connectivity index (χ4v) is 8.52. The van der Waals surface area contributed by atoms with E-state index in [1.54, 1.807) is 6.92 Å². The fraction of sp³-hybridized carbons (Fsp3) is 0.920. The van der Waals surface area contributed by atoms with Gasteiger partial charge >= 0.3 is 0 Å². The highest BCUT2D eigenvalue weighted by Crippen LogP contribution is 2.67. The summed E-state index contributed by atoms with van der Waals surface area (Å²) >= 11 is 0. The van der Waals surface area contributed by atoms with Gasteiger partial charge in [0.15, 0.2) is 0 Å². The number of hydrogen-bond donors (Lipinski definition) is 1. The average Bonchev–Trinajstić information content (AvgIpc) is 3.00. The molecule has 4 saturated carbocycles. The predicted molar refractivity (Wildman–Crippen MR) is 111 cm³/mol. The molecule has 158 valence electrons. The highest BCUT2D eigenvalue weighted by Gasteiger charge is 2.63. The zero-order valence-corrected chi connectivity index (χ0v) is 18.4. The minimum absolute atomic E-state index is 0.128. The van der Waals surface area contributed by atoms with Crippen molar-refractivity contribution >= 4 is 11.6 Å². The van der Waals surface area contributed by atoms with Gasteiger partial charge in [-0.25, -0.2) is 0 Å². The molecule has 28 heavy (non-hydrogen) atoms. The summed E-state index contributed by atoms with van der Waals surface area (Å²) < 4.78 is 0. The summed E-state index contributed by atoms with van der Waals surface area (Å²) in [4.78, 5) is 25.2. The number of fused-ring (bicyclic) bond motifs is 5. The molecule has 0 bridgehead atoms. The molecular weight excluding hydrogens is 348 g/mol. The number of aliphatic hydroxyl groups excluding tert-OH is 1. The number of rotatable bonds is 4. The van der Waals surface area contributed by atoms with E-state index in [-0.39, 0.29) is 22.7 Å². The summed E-state index contributed by atoms with van der Waals surface area (Å²) in [5.74, 6) is 4.03. The van der Waals surface area contributed by atoms with Gasteiger partial charge in [0.05, 0.1) is 6.10 Å². The molecule has 0 aromatic rings. The molecule has 0 radical (unpaired) electrons. The minimum Gasteiger partial charge on any atom is -0.393 e. The summed E-state index contributed by atoms with van der Waals surface area (Å²) in [6.07, 6.45) is 10.0. The molecule has 0 saturated heterocycles. The van der Waals surface area contributed by atoms with Gasteiger partial charge in [0, 0.05) is 18.3 Å². The van der Waals surface area contributed by atoms with E-state index in [9.17, 15) is 14.7 Å². The van der Waals surface area contributed by atoms with Gasteiger partial charge in [-0.3, -0.25) is 4.79 Å². The number of aliphatic hydroxyl groups is 1. The lowest BCUT2D eigenvalue weighted by atomic mass is 9.44. The van der Waals surface area contributed by atoms with E-state index < -0.39 is 0 Å². The van der Waals surface area contributed by atoms with E-state index in [1.165, 1.54) is 19.3 Å². The van der Waals surface area contributed by atoms with Crippen molar-refractivity contribution in [2.45, 2.75) is 98.0 Å². The number of ketones is 2. The second-order valence-electron chi connectivity index (χ2n) is 11.4. The van der Waals surface area contributed by atoms with Crippen LogP contribution in [0.3, 0.4) is 0 Å². The van der Waals surface area contributed by atoms with Crippen LogP contribution in [0.5, 0.6) is 0 Å². The van der Waals surface area contributed by atoms with Crippen molar-refractivity contribution in [3.8, 4) is 0 Å². The molecule has 4 fully saturated rings. The van der Waals surface area contributed by atoms with Crippen LogP contribution in [-0.4, -0.2) is 22.8 Å². The average molecular weight is 389 g/mol. The Balaban J connectivity index is 1.57. The molecule has 0 aliphatic heterocycles. The topological polar surface area (TPSA) is 54.4 Å². The second kappa shape index (κ2) is 7.22. The molecule has 4 aliphatic rings. The monoisotopic (exact) mass is 388 g/mol. The first-order valence-electron chi connectivity index (χ1n) is 11.9. The maximum absolute atomic E-state index is 13.7. The van der Waals surface area contributed by atoms with E-state index in [0.29, 0.717) is 47.7 Å². The molecular formula is C25H40O3. The third kappa shape index (κ3) is 3.02. The SMILES string of the molecule is CC(=O)CCC(C)C1CCC2C3CCC4C[C@H](O)CC[C@]4(C)C3CC(=O)[C@]12C. The third-order valence-electron chi connectivity index (χ3n) is 10.2. The molecule has 4 aliphatic carbocycles. The van der Waals surface area contributed by atoms with Crippen LogP contribution in [0.4, 0.5) is 0 Å². The Kier molecular flexibility index (Phi) is 5.30. The van der Waals surface area contributed by atoms with Crippen molar-refractivity contribution in [1.82, 2.24) is 0 Å². The second-order valence-corrected chi connectivity index (χ2v) is 11.4. The van der Waals surface area contributed by atoms with Crippen LogP contribution in [0.2, 0.25) is 0 Å². The van der Waals surface area contributed by atoms with Gasteiger partial charge in [-0.2, -0.15) is 0 Å². The van der Waals surface area contributed by atoms with Crippen molar-refractivity contribution < 1.29 is 14.7 Å². The highest BCUT2D eigenvalue weighted by molar-refractivity contribution is 5.87. The molecule has 0 spiro atoms. The molecule has 0 heterocycles. The Morgan fingerprint density at radius 1 is 1.14 bits per heavy atom. The van der Waals surface area contributed by atoms with Gasteiger partial charge < -0.3 is 9.90 Å². The van der Waals surface area contributed by atoms with Crippen molar-refractivity contribution in [1.29, 1.82) is 0 Å². The molecule has 1 N–H and O–H groups in total. The first-order chi connectivity index (χ1) is 13.2. The summed E-state index contributed by atoms with van der Waals surface area (Å²) in [5, 5.41) is 10.2. The Morgan fingerprint density at radius 2 is 1.89 bits per heavy atom. The maximum atomic E-state index is 13.7. The quantitative estimate of drug-likeness (QED) is 0.721. The van der Waals surface area contributed by atoms with Crippen molar-refractivity contribution in [3.05, 3.63) is 0 Å². The molecule has 9 atom stereocenters. The van der Waals surface area contributed by atoms with Crippen LogP contribution in [0, 0.1) is 46.3 Å². The van der Waals surface area contributed by atoms with Gasteiger partial charge in [-0.05, 0) is 99.2 Å². The fourth-order valence-electron chi connectivity index (χ4n) is 8.52. The third-order valence-corrected chi connectivity index (χ3v) is 10.2. The summed E-state index contributed by atoms with van der Waals surface area (Å²) in [6.45, 7) is 8.69. The largest absolute Gasteiger partial charge is 0.393 e. The van der Waals surface area contributed by atoms with Crippen LogP contribution in [0.1, 0.15) is 91.9 Å². The van der Waals surface area contributed by atoms with Gasteiger partial charge in [-0.15, -0.1) is 0 Å². The first-order valence-corrected chi connectivity index (χ1v) is 11.9. The van der Waals surface area contributed by atoms with Crippen LogP contribution in [0.25, 0.3) is 0 Å². The number of Topliss-reactive ketones (excluding diaryl/α,β-unsaturated/α-hetero) is 2. The van der Waals surface area contributed by atoms with Gasteiger partial charge in [0.25, 0.3) is 0 Å². The zero-order chi connectivity index (χ0) is 20.3. The minimum atomic E-state index is -0.172. The first kappa shape index (κ1) is 20.6. The Hall–Kier alpha value is -0.700. The highest BCUT2D eigenvalue weighted by atomic mass is 16.3. The molecule has 3 nitrogen and oxygen atoms in total. The van der Waals surface area contributed by atoms with Crippen molar-refractivity contribution in [3.63, 3.8) is 0 Å². The number of carbonyl (C=O) groups excluding carboxylic acids is 2. The predicted octanol–water partition coefficient (Wildman–Crippen LogP) is 5.19. The van der Waals surface area contributed by atoms with Crippen molar-refractivity contribution in [2.75, 3.05) is 0 Å². The number of carbonyl (C=O) groups is 2. The zero-order valence-electron chi connectivity index (χ0n) is 18.4. The number of hydrogen-bond acceptors (Lipinski definition) is 3. The molecule has 3 heteroatoms. The summed E-state index contributed by atoms with van der Waals surface area (Å²) in [7, 11) is 0. The van der Waals surface area contributed by atoms with Crippen LogP contribution >= 0.6 is 0 Å². The summed E-state index contributed by atoms with van der Waals surface area (Å²) in [6, 6.07) is 0. The molecule has 6 unspecified atom stereocenters. The molecule has 0 aromatic carbocycles. The van der Waals surface area contributed by atoms with Crippen LogP contribution < -0.4 is 0 Å². The standard InChI is InChI=1S/C25H40O3/c1-15(5-6-16(2)26)20-9-10-21-19-8-7-17-13-18(27)11-12-24(17,3)22(19)14-23(28)25(20,21)4/h15,17-22,27H,5-14H2,1-4H3/t15?,17?,18-,19?,20?,21?,22?,24+,25-/m1/s1. The Bertz CT molecular complexity index is 642. The van der Waals surface area contributed by atoms with E-state index in [2.05, 4.69) is 20.8 Å². The lowest BCUT2D eigenvalue weighted by Crippen LogP contribution is -2.57. The van der Waals surface area contributed by atoms with Gasteiger partial charge in [0.1, 0.15) is 11.6 Å². The lowest BCUT2D eigenvalue weighted by molar-refractivity contribution is -0.160. The van der Waals surface area contributed by atoms with Crippen LogP contribution in [-0.2, 0) is 9.59 Å². The van der Waals surface area contributed by atoms with Gasteiger partial charge in [0.2, 0.25) is 0 Å². The summed E-state index contributed by atoms with van der Waals surface area (Å²) in [5.41, 5.74) is 0.0756. The molecule has 0 aromatic heterocycles. The lowest BCUT2D eigenvalue weighted by Gasteiger charge is -2.60. The normalized spacial score (nSPS) is 49.1. The van der Waals surface area contributed by atoms with E-state index in [4.69, 9.17) is 0 Å².